The van der Waals surface area contributed by atoms with E-state index in [0.717, 1.165) is 5.54 Å². The van der Waals surface area contributed by atoms with Crippen LogP contribution in [0.5, 0.6) is 0 Å². The fraction of sp³-hybridized carbons (Fsp3) is 0.818. The molecule has 1 aliphatic rings. The predicted molar refractivity (Wildman–Crippen MR) is 59.2 cm³/mol. The van der Waals surface area contributed by atoms with E-state index in [4.69, 9.17) is 6.42 Å². The first-order valence-electron chi connectivity index (χ1n) is 5.23. The van der Waals surface area contributed by atoms with Crippen molar-refractivity contribution in [2.75, 3.05) is 0 Å². The lowest BCUT2D eigenvalue weighted by atomic mass is 10.0. The topological polar surface area (TPSA) is 20.2 Å². The van der Waals surface area contributed by atoms with E-state index in [0.29, 0.717) is 0 Å². The van der Waals surface area contributed by atoms with Gasteiger partial charge in [-0.25, -0.2) is 0 Å². The average Bonchev–Trinajstić information content (AvgIpc) is 2.18. The van der Waals surface area contributed by atoms with E-state index in [2.05, 4.69) is 19.0 Å². The van der Waals surface area contributed by atoms with E-state index in [9.17, 15) is 5.11 Å². The van der Waals surface area contributed by atoms with Gasteiger partial charge in [-0.15, -0.1) is 6.42 Å². The maximum atomic E-state index is 9.76. The molecular weight excluding hydrogens is 176 g/mol. The smallest absolute Gasteiger partial charge is 0.102 e. The molecule has 0 saturated heterocycles. The Balaban J connectivity index is 2.62. The summed E-state index contributed by atoms with van der Waals surface area (Å²) >= 11 is 0. The third kappa shape index (κ3) is 2.36. The molecule has 0 bridgehead atoms. The summed E-state index contributed by atoms with van der Waals surface area (Å²) in [6, 6.07) is 0. The van der Waals surface area contributed by atoms with Gasteiger partial charge in [0.25, 0.3) is 0 Å². The SMILES string of the molecule is C#CC(O)[Si](C)(C)C1CCCCC1. The minimum absolute atomic E-state index is 0.449. The van der Waals surface area contributed by atoms with Crippen molar-refractivity contribution in [3.63, 3.8) is 0 Å². The van der Waals surface area contributed by atoms with Crippen molar-refractivity contribution in [1.29, 1.82) is 0 Å². The highest BCUT2D eigenvalue weighted by molar-refractivity contribution is 6.80. The number of rotatable bonds is 2. The van der Waals surface area contributed by atoms with Gasteiger partial charge in [0.15, 0.2) is 0 Å². The van der Waals surface area contributed by atoms with Gasteiger partial charge in [-0.05, 0) is 5.54 Å². The zero-order chi connectivity index (χ0) is 9.90. The quantitative estimate of drug-likeness (QED) is 0.531. The van der Waals surface area contributed by atoms with Gasteiger partial charge in [-0.2, -0.15) is 0 Å². The Morgan fingerprint density at radius 1 is 1.31 bits per heavy atom. The fourth-order valence-corrected chi connectivity index (χ4v) is 5.06. The van der Waals surface area contributed by atoms with Crippen LogP contribution in [0.15, 0.2) is 0 Å². The van der Waals surface area contributed by atoms with E-state index < -0.39 is 13.8 Å². The third-order valence-corrected chi connectivity index (χ3v) is 7.78. The van der Waals surface area contributed by atoms with Gasteiger partial charge in [0, 0.05) is 0 Å². The molecule has 1 rings (SSSR count). The van der Waals surface area contributed by atoms with E-state index in [1.165, 1.54) is 32.1 Å². The zero-order valence-electron chi connectivity index (χ0n) is 8.71. The Morgan fingerprint density at radius 2 is 1.85 bits per heavy atom. The molecular formula is C11H20OSi. The van der Waals surface area contributed by atoms with Gasteiger partial charge >= 0.3 is 0 Å². The fourth-order valence-electron chi connectivity index (χ4n) is 2.28. The second-order valence-corrected chi connectivity index (χ2v) is 9.73. The molecule has 0 radical (unpaired) electrons. The number of hydrogen-bond acceptors (Lipinski definition) is 1. The van der Waals surface area contributed by atoms with Crippen LogP contribution in [0.2, 0.25) is 18.6 Å². The summed E-state index contributed by atoms with van der Waals surface area (Å²) in [4.78, 5) is 0. The Hall–Kier alpha value is -0.263. The minimum atomic E-state index is -1.59. The van der Waals surface area contributed by atoms with Crippen molar-refractivity contribution in [3.8, 4) is 12.3 Å². The van der Waals surface area contributed by atoms with Crippen LogP contribution in [-0.2, 0) is 0 Å². The molecule has 1 N–H and O–H groups in total. The summed E-state index contributed by atoms with van der Waals surface area (Å²) in [6.07, 6.45) is 11.9. The molecule has 1 fully saturated rings. The molecule has 0 aromatic carbocycles. The highest BCUT2D eigenvalue weighted by atomic mass is 28.3. The Kier molecular flexibility index (Phi) is 3.58. The normalized spacial score (nSPS) is 22.3. The van der Waals surface area contributed by atoms with E-state index in [1.807, 2.05) is 0 Å². The molecule has 0 heterocycles. The lowest BCUT2D eigenvalue weighted by Crippen LogP contribution is -2.45. The second-order valence-electron chi connectivity index (χ2n) is 4.73. The third-order valence-electron chi connectivity index (χ3n) is 3.52. The molecule has 1 unspecified atom stereocenters. The molecule has 0 amide bonds. The largest absolute Gasteiger partial charge is 0.384 e. The van der Waals surface area contributed by atoms with E-state index in [-0.39, 0.29) is 0 Å². The first-order chi connectivity index (χ1) is 6.09. The summed E-state index contributed by atoms with van der Waals surface area (Å²) in [5, 5.41) is 9.76. The van der Waals surface area contributed by atoms with Gasteiger partial charge in [0.2, 0.25) is 0 Å². The Morgan fingerprint density at radius 3 is 2.31 bits per heavy atom. The summed E-state index contributed by atoms with van der Waals surface area (Å²) in [5.74, 6) is 2.52. The monoisotopic (exact) mass is 196 g/mol. The van der Waals surface area contributed by atoms with Gasteiger partial charge in [0.1, 0.15) is 5.73 Å². The summed E-state index contributed by atoms with van der Waals surface area (Å²) < 4.78 is 0. The Labute approximate surface area is 82.6 Å². The molecule has 0 aliphatic heterocycles. The first kappa shape index (κ1) is 10.8. The molecule has 74 valence electrons. The van der Waals surface area contributed by atoms with Gasteiger partial charge < -0.3 is 5.11 Å². The molecule has 1 nitrogen and oxygen atoms in total. The van der Waals surface area contributed by atoms with E-state index >= 15 is 0 Å². The van der Waals surface area contributed by atoms with Crippen LogP contribution in [0.25, 0.3) is 0 Å². The van der Waals surface area contributed by atoms with Crippen LogP contribution < -0.4 is 0 Å². The van der Waals surface area contributed by atoms with Crippen molar-refractivity contribution in [1.82, 2.24) is 0 Å². The first-order valence-corrected chi connectivity index (χ1v) is 8.38. The molecule has 1 aliphatic carbocycles. The van der Waals surface area contributed by atoms with Crippen molar-refractivity contribution in [2.45, 2.75) is 56.5 Å². The summed E-state index contributed by atoms with van der Waals surface area (Å²) in [7, 11) is -1.59. The van der Waals surface area contributed by atoms with Crippen molar-refractivity contribution < 1.29 is 5.11 Å². The highest BCUT2D eigenvalue weighted by Crippen LogP contribution is 2.38. The summed E-state index contributed by atoms with van der Waals surface area (Å²) in [6.45, 7) is 4.46. The molecule has 0 aromatic rings. The molecule has 0 aromatic heterocycles. The van der Waals surface area contributed by atoms with Crippen LogP contribution in [-0.4, -0.2) is 18.9 Å². The molecule has 13 heavy (non-hydrogen) atoms. The van der Waals surface area contributed by atoms with Gasteiger partial charge in [-0.3, -0.25) is 0 Å². The molecule has 1 atom stereocenters. The minimum Gasteiger partial charge on any atom is -0.384 e. The standard InChI is InChI=1S/C11H20OSi/c1-4-11(12)13(2,3)10-8-6-5-7-9-10/h1,10-12H,5-9H2,2-3H3. The zero-order valence-corrected chi connectivity index (χ0v) is 9.71. The van der Waals surface area contributed by atoms with Crippen LogP contribution in [0.4, 0.5) is 0 Å². The number of aliphatic hydroxyl groups is 1. The highest BCUT2D eigenvalue weighted by Gasteiger charge is 2.38. The number of hydrogen-bond donors (Lipinski definition) is 1. The van der Waals surface area contributed by atoms with Gasteiger partial charge in [0.05, 0.1) is 8.07 Å². The van der Waals surface area contributed by atoms with Crippen molar-refractivity contribution >= 4 is 8.07 Å². The van der Waals surface area contributed by atoms with E-state index in [1.54, 1.807) is 0 Å². The summed E-state index contributed by atoms with van der Waals surface area (Å²) in [5.41, 5.74) is 0.294. The maximum absolute atomic E-state index is 9.76. The second kappa shape index (κ2) is 4.30. The number of terminal acetylenes is 1. The molecule has 2 heteroatoms. The predicted octanol–water partition coefficient (Wildman–Crippen LogP) is 2.56. The lowest BCUT2D eigenvalue weighted by Gasteiger charge is -2.36. The van der Waals surface area contributed by atoms with Crippen LogP contribution in [0.3, 0.4) is 0 Å². The van der Waals surface area contributed by atoms with Crippen molar-refractivity contribution in [3.05, 3.63) is 0 Å². The van der Waals surface area contributed by atoms with Crippen LogP contribution in [0, 0.1) is 12.3 Å². The van der Waals surface area contributed by atoms with Gasteiger partial charge in [-0.1, -0.05) is 51.1 Å². The Bertz CT molecular complexity index is 199. The maximum Gasteiger partial charge on any atom is 0.102 e. The number of aliphatic hydroxyl groups excluding tert-OH is 1. The van der Waals surface area contributed by atoms with Crippen LogP contribution >= 0.6 is 0 Å². The van der Waals surface area contributed by atoms with Crippen LogP contribution in [0.1, 0.15) is 32.1 Å². The lowest BCUT2D eigenvalue weighted by molar-refractivity contribution is 0.292. The average molecular weight is 196 g/mol. The molecule has 1 saturated carbocycles. The molecule has 0 spiro atoms. The van der Waals surface area contributed by atoms with Crippen molar-refractivity contribution in [2.24, 2.45) is 0 Å².